The highest BCUT2D eigenvalue weighted by Gasteiger charge is 2.10. The van der Waals surface area contributed by atoms with E-state index in [2.05, 4.69) is 15.7 Å². The molecule has 1 aromatic heterocycles. The molecule has 0 aliphatic rings. The molecule has 7 heteroatoms. The number of nitrogens with zero attached hydrogens (tertiary/aromatic N) is 2. The summed E-state index contributed by atoms with van der Waals surface area (Å²) in [7, 11) is 1.57. The zero-order valence-electron chi connectivity index (χ0n) is 11.4. The van der Waals surface area contributed by atoms with Crippen LogP contribution in [-0.4, -0.2) is 29.3 Å². The number of carbonyl (C=O) groups is 1. The second kappa shape index (κ2) is 7.13. The number of anilines is 1. The fraction of sp³-hybridized carbons (Fsp3) is 0.583. The number of amides is 1. The van der Waals surface area contributed by atoms with Gasteiger partial charge in [0.05, 0.1) is 11.9 Å². The lowest BCUT2D eigenvalue weighted by Gasteiger charge is -2.11. The molecule has 0 aromatic carbocycles. The lowest BCUT2D eigenvalue weighted by Crippen LogP contribution is -2.27. The van der Waals surface area contributed by atoms with E-state index in [0.29, 0.717) is 31.1 Å². The first-order valence-electron chi connectivity index (χ1n) is 6.15. The Kier molecular flexibility index (Phi) is 5.82. The number of hydrogen-bond donors (Lipinski definition) is 2. The average molecular weight is 287 g/mol. The summed E-state index contributed by atoms with van der Waals surface area (Å²) >= 11 is 5.99. The van der Waals surface area contributed by atoms with Gasteiger partial charge in [0.1, 0.15) is 5.02 Å². The molecule has 1 amide bonds. The highest BCUT2D eigenvalue weighted by atomic mass is 35.5. The fourth-order valence-electron chi connectivity index (χ4n) is 1.50. The van der Waals surface area contributed by atoms with Gasteiger partial charge in [-0.3, -0.25) is 9.59 Å². The van der Waals surface area contributed by atoms with Crippen LogP contribution < -0.4 is 16.2 Å². The Hall–Kier alpha value is -1.56. The summed E-state index contributed by atoms with van der Waals surface area (Å²) in [6, 6.07) is 0. The lowest BCUT2D eigenvalue weighted by molar-refractivity contribution is -0.120. The minimum atomic E-state index is -0.319. The van der Waals surface area contributed by atoms with E-state index < -0.39 is 0 Å². The molecule has 2 N–H and O–H groups in total. The minimum absolute atomic E-state index is 0.0790. The maximum atomic E-state index is 11.9. The van der Waals surface area contributed by atoms with E-state index in [4.69, 9.17) is 11.6 Å². The lowest BCUT2D eigenvalue weighted by atomic mass is 10.2. The van der Waals surface area contributed by atoms with Crippen molar-refractivity contribution in [2.75, 3.05) is 18.9 Å². The van der Waals surface area contributed by atoms with Crippen LogP contribution in [0.4, 0.5) is 5.69 Å². The molecule has 0 saturated carbocycles. The average Bonchev–Trinajstić information content (AvgIpc) is 2.37. The summed E-state index contributed by atoms with van der Waals surface area (Å²) in [5, 5.41) is 9.60. The van der Waals surface area contributed by atoms with Crippen molar-refractivity contribution in [2.24, 2.45) is 5.92 Å². The second-order valence-electron chi connectivity index (χ2n) is 4.60. The molecule has 106 valence electrons. The Bertz CT molecular complexity index is 499. The van der Waals surface area contributed by atoms with Gasteiger partial charge in [0.25, 0.3) is 5.56 Å². The first-order chi connectivity index (χ1) is 8.95. The Balaban J connectivity index is 2.74. The van der Waals surface area contributed by atoms with Crippen molar-refractivity contribution in [3.05, 3.63) is 21.6 Å². The third-order valence-electron chi connectivity index (χ3n) is 2.47. The molecule has 1 aromatic rings. The third-order valence-corrected chi connectivity index (χ3v) is 2.83. The number of halogens is 1. The molecule has 0 bridgehead atoms. The first kappa shape index (κ1) is 15.5. The SMILES string of the molecule is CNC(=O)CCNc1cnn(CC(C)C)c(=O)c1Cl. The van der Waals surface area contributed by atoms with E-state index in [1.165, 1.54) is 10.9 Å². The fourth-order valence-corrected chi connectivity index (χ4v) is 1.71. The van der Waals surface area contributed by atoms with Crippen LogP contribution in [0.15, 0.2) is 11.0 Å². The highest BCUT2D eigenvalue weighted by molar-refractivity contribution is 6.32. The van der Waals surface area contributed by atoms with Crippen molar-refractivity contribution < 1.29 is 4.79 Å². The summed E-state index contributed by atoms with van der Waals surface area (Å²) in [5.74, 6) is 0.234. The van der Waals surface area contributed by atoms with Crippen LogP contribution in [0.2, 0.25) is 5.02 Å². The molecule has 6 nitrogen and oxygen atoms in total. The van der Waals surface area contributed by atoms with Crippen molar-refractivity contribution in [3.63, 3.8) is 0 Å². The van der Waals surface area contributed by atoms with Crippen LogP contribution >= 0.6 is 11.6 Å². The van der Waals surface area contributed by atoms with E-state index in [1.54, 1.807) is 7.05 Å². The number of rotatable bonds is 6. The highest BCUT2D eigenvalue weighted by Crippen LogP contribution is 2.15. The predicted molar refractivity (Wildman–Crippen MR) is 75.5 cm³/mol. The summed E-state index contributed by atoms with van der Waals surface area (Å²) in [4.78, 5) is 23.0. The Morgan fingerprint density at radius 1 is 1.53 bits per heavy atom. The van der Waals surface area contributed by atoms with Crippen molar-refractivity contribution >= 4 is 23.2 Å². The number of aromatic nitrogens is 2. The van der Waals surface area contributed by atoms with Gasteiger partial charge in [-0.25, -0.2) is 4.68 Å². The van der Waals surface area contributed by atoms with Gasteiger partial charge >= 0.3 is 0 Å². The van der Waals surface area contributed by atoms with Crippen molar-refractivity contribution in [2.45, 2.75) is 26.8 Å². The molecule has 0 fully saturated rings. The summed E-state index contributed by atoms with van der Waals surface area (Å²) in [5.41, 5.74) is 0.135. The largest absolute Gasteiger partial charge is 0.382 e. The first-order valence-corrected chi connectivity index (χ1v) is 6.53. The normalized spacial score (nSPS) is 10.6. The smallest absolute Gasteiger partial charge is 0.287 e. The summed E-state index contributed by atoms with van der Waals surface area (Å²) in [6.45, 7) is 4.92. The third kappa shape index (κ3) is 4.55. The molecular formula is C12H19ClN4O2. The Labute approximate surface area is 117 Å². The van der Waals surface area contributed by atoms with Crippen molar-refractivity contribution in [1.82, 2.24) is 15.1 Å². The number of nitrogens with one attached hydrogen (secondary N) is 2. The van der Waals surface area contributed by atoms with Gasteiger partial charge in [-0.2, -0.15) is 5.10 Å². The van der Waals surface area contributed by atoms with Crippen LogP contribution in [0.3, 0.4) is 0 Å². The van der Waals surface area contributed by atoms with Gasteiger partial charge in [0.15, 0.2) is 0 Å². The van der Waals surface area contributed by atoms with Gasteiger partial charge in [-0.1, -0.05) is 25.4 Å². The minimum Gasteiger partial charge on any atom is -0.382 e. The number of carbonyl (C=O) groups excluding carboxylic acids is 1. The van der Waals surface area contributed by atoms with Crippen LogP contribution in [0.1, 0.15) is 20.3 Å². The predicted octanol–water partition coefficient (Wildman–Crippen LogP) is 1.10. The Morgan fingerprint density at radius 2 is 2.21 bits per heavy atom. The Morgan fingerprint density at radius 3 is 2.79 bits per heavy atom. The quantitative estimate of drug-likeness (QED) is 0.821. The number of hydrogen-bond acceptors (Lipinski definition) is 4. The second-order valence-corrected chi connectivity index (χ2v) is 4.98. The maximum Gasteiger partial charge on any atom is 0.287 e. The molecule has 0 radical (unpaired) electrons. The van der Waals surface area contributed by atoms with E-state index in [-0.39, 0.29) is 16.5 Å². The van der Waals surface area contributed by atoms with E-state index in [9.17, 15) is 9.59 Å². The molecule has 0 atom stereocenters. The molecule has 1 rings (SSSR count). The zero-order chi connectivity index (χ0) is 14.4. The van der Waals surface area contributed by atoms with Gasteiger partial charge < -0.3 is 10.6 Å². The van der Waals surface area contributed by atoms with Gasteiger partial charge in [-0.05, 0) is 5.92 Å². The van der Waals surface area contributed by atoms with E-state index >= 15 is 0 Å². The van der Waals surface area contributed by atoms with Gasteiger partial charge in [0.2, 0.25) is 5.91 Å². The molecule has 0 aliphatic carbocycles. The molecule has 1 heterocycles. The van der Waals surface area contributed by atoms with E-state index in [1.807, 2.05) is 13.8 Å². The van der Waals surface area contributed by atoms with Gasteiger partial charge in [0, 0.05) is 26.6 Å². The molecule has 0 unspecified atom stereocenters. The van der Waals surface area contributed by atoms with Crippen LogP contribution in [0.25, 0.3) is 0 Å². The summed E-state index contributed by atoms with van der Waals surface area (Å²) in [6.07, 6.45) is 1.82. The van der Waals surface area contributed by atoms with Crippen LogP contribution in [-0.2, 0) is 11.3 Å². The van der Waals surface area contributed by atoms with Crippen molar-refractivity contribution in [1.29, 1.82) is 0 Å². The van der Waals surface area contributed by atoms with Gasteiger partial charge in [-0.15, -0.1) is 0 Å². The topological polar surface area (TPSA) is 76.0 Å². The van der Waals surface area contributed by atoms with Crippen LogP contribution in [0.5, 0.6) is 0 Å². The standard InChI is InChI=1S/C12H19ClN4O2/c1-8(2)7-17-12(19)11(13)9(6-16-17)15-5-4-10(18)14-3/h6,8,15H,4-5,7H2,1-3H3,(H,14,18). The monoisotopic (exact) mass is 286 g/mol. The molecule has 0 aliphatic heterocycles. The zero-order valence-corrected chi connectivity index (χ0v) is 12.1. The molecule has 19 heavy (non-hydrogen) atoms. The van der Waals surface area contributed by atoms with Crippen molar-refractivity contribution in [3.8, 4) is 0 Å². The molecule has 0 saturated heterocycles. The summed E-state index contributed by atoms with van der Waals surface area (Å²) < 4.78 is 1.34. The van der Waals surface area contributed by atoms with Crippen LogP contribution in [0, 0.1) is 5.92 Å². The molecular weight excluding hydrogens is 268 g/mol. The van der Waals surface area contributed by atoms with E-state index in [0.717, 1.165) is 0 Å². The molecule has 0 spiro atoms. The maximum absolute atomic E-state index is 11.9.